The number of carbonyl (C=O) groups is 2. The molecule has 2 N–H and O–H groups in total. The van der Waals surface area contributed by atoms with Gasteiger partial charge in [0, 0.05) is 11.6 Å². The molecule has 0 aromatic heterocycles. The average Bonchev–Trinajstić information content (AvgIpc) is 2.60. The van der Waals surface area contributed by atoms with Crippen molar-refractivity contribution in [2.75, 3.05) is 0 Å². The lowest BCUT2D eigenvalue weighted by Gasteiger charge is -2.21. The lowest BCUT2D eigenvalue weighted by atomic mass is 10.0. The van der Waals surface area contributed by atoms with E-state index in [0.717, 1.165) is 12.1 Å². The predicted molar refractivity (Wildman–Crippen MR) is 110 cm³/mol. The molecule has 2 rings (SSSR count). The Balaban J connectivity index is 2.45. The van der Waals surface area contributed by atoms with Crippen molar-refractivity contribution < 1.29 is 27.8 Å². The van der Waals surface area contributed by atoms with E-state index in [4.69, 9.17) is 15.2 Å². The normalized spacial score (nSPS) is 12.6. The Morgan fingerprint density at radius 2 is 1.73 bits per heavy atom. The number of hydrogen-bond acceptors (Lipinski definition) is 5. The quantitative estimate of drug-likeness (QED) is 0.534. The lowest BCUT2D eigenvalue weighted by Crippen LogP contribution is -2.35. The zero-order valence-electron chi connectivity index (χ0n) is 17.8. The van der Waals surface area contributed by atoms with E-state index in [9.17, 15) is 18.4 Å². The molecule has 30 heavy (non-hydrogen) atoms. The molecule has 0 bridgehead atoms. The minimum absolute atomic E-state index is 0.0419. The maximum atomic E-state index is 14.2. The second-order valence-corrected chi connectivity index (χ2v) is 8.49. The fourth-order valence-electron chi connectivity index (χ4n) is 2.79. The summed E-state index contributed by atoms with van der Waals surface area (Å²) in [7, 11) is 0. The van der Waals surface area contributed by atoms with Gasteiger partial charge in [0.1, 0.15) is 34.6 Å². The number of esters is 2. The Morgan fingerprint density at radius 3 is 2.30 bits per heavy atom. The zero-order valence-corrected chi connectivity index (χ0v) is 17.8. The largest absolute Gasteiger partial charge is 0.456 e. The number of nitrogens with two attached hydrogens (primary N) is 1. The highest BCUT2D eigenvalue weighted by Crippen LogP contribution is 2.30. The molecule has 1 atom stereocenters. The van der Waals surface area contributed by atoms with Gasteiger partial charge in [0.15, 0.2) is 0 Å². The molecular weight excluding hydrogens is 392 g/mol. The molecular formula is C23H27F2NO4. The Morgan fingerprint density at radius 1 is 1.07 bits per heavy atom. The Bertz CT molecular complexity index is 935. The smallest absolute Gasteiger partial charge is 0.342 e. The molecule has 0 aliphatic heterocycles. The monoisotopic (exact) mass is 419 g/mol. The highest BCUT2D eigenvalue weighted by molar-refractivity contribution is 5.95. The summed E-state index contributed by atoms with van der Waals surface area (Å²) in [4.78, 5) is 25.1. The summed E-state index contributed by atoms with van der Waals surface area (Å²) in [5.74, 6) is -2.79. The van der Waals surface area contributed by atoms with Gasteiger partial charge in [-0.05, 0) is 62.9 Å². The van der Waals surface area contributed by atoms with Gasteiger partial charge in [-0.3, -0.25) is 0 Å². The van der Waals surface area contributed by atoms with Crippen LogP contribution >= 0.6 is 0 Å². The van der Waals surface area contributed by atoms with Gasteiger partial charge >= 0.3 is 11.9 Å². The van der Waals surface area contributed by atoms with Crippen LogP contribution in [0.4, 0.5) is 8.78 Å². The Hall–Kier alpha value is -2.80. The van der Waals surface area contributed by atoms with Gasteiger partial charge in [-0.15, -0.1) is 0 Å². The van der Waals surface area contributed by atoms with Gasteiger partial charge in [0.2, 0.25) is 0 Å². The fourth-order valence-corrected chi connectivity index (χ4v) is 2.79. The number of hydrogen-bond donors (Lipinski definition) is 1. The van der Waals surface area contributed by atoms with E-state index in [1.807, 2.05) is 13.8 Å². The molecule has 0 radical (unpaired) electrons. The highest BCUT2D eigenvalue weighted by atomic mass is 19.1. The number of halogens is 2. The van der Waals surface area contributed by atoms with Crippen molar-refractivity contribution in [3.63, 3.8) is 0 Å². The molecule has 0 saturated heterocycles. The second-order valence-electron chi connectivity index (χ2n) is 8.49. The molecule has 162 valence electrons. The van der Waals surface area contributed by atoms with Gasteiger partial charge in [0.05, 0.1) is 0 Å². The zero-order chi connectivity index (χ0) is 22.6. The topological polar surface area (TPSA) is 78.6 Å². The van der Waals surface area contributed by atoms with Crippen LogP contribution in [-0.4, -0.2) is 23.6 Å². The summed E-state index contributed by atoms with van der Waals surface area (Å²) in [5, 5.41) is 0. The van der Waals surface area contributed by atoms with Gasteiger partial charge in [0.25, 0.3) is 0 Å². The van der Waals surface area contributed by atoms with E-state index in [0.29, 0.717) is 12.0 Å². The number of benzene rings is 2. The third-order valence-corrected chi connectivity index (χ3v) is 4.08. The fraction of sp³-hybridized carbons (Fsp3) is 0.391. The van der Waals surface area contributed by atoms with Crippen molar-refractivity contribution in [3.05, 3.63) is 53.6 Å². The van der Waals surface area contributed by atoms with Crippen molar-refractivity contribution in [1.29, 1.82) is 0 Å². The van der Waals surface area contributed by atoms with Gasteiger partial charge in [-0.2, -0.15) is 0 Å². The van der Waals surface area contributed by atoms with E-state index in [1.54, 1.807) is 20.8 Å². The van der Waals surface area contributed by atoms with Crippen LogP contribution in [0.2, 0.25) is 0 Å². The highest BCUT2D eigenvalue weighted by Gasteiger charge is 2.25. The van der Waals surface area contributed by atoms with Gasteiger partial charge < -0.3 is 15.2 Å². The molecule has 2 aromatic carbocycles. The molecule has 5 nitrogen and oxygen atoms in total. The van der Waals surface area contributed by atoms with Crippen LogP contribution in [0.25, 0.3) is 11.1 Å². The molecule has 0 spiro atoms. The van der Waals surface area contributed by atoms with E-state index >= 15 is 0 Å². The Kier molecular flexibility index (Phi) is 7.31. The molecule has 0 heterocycles. The summed E-state index contributed by atoms with van der Waals surface area (Å²) in [6.07, 6.45) is 0.416. The minimum Gasteiger partial charge on any atom is -0.456 e. The maximum Gasteiger partial charge on any atom is 0.342 e. The molecule has 1 unspecified atom stereocenters. The van der Waals surface area contributed by atoms with Crippen molar-refractivity contribution in [2.45, 2.75) is 52.7 Å². The first-order valence-corrected chi connectivity index (χ1v) is 9.67. The van der Waals surface area contributed by atoms with E-state index in [-0.39, 0.29) is 22.8 Å². The lowest BCUT2D eigenvalue weighted by molar-refractivity contribution is -0.136. The van der Waals surface area contributed by atoms with E-state index < -0.39 is 35.2 Å². The molecule has 7 heteroatoms. The number of rotatable bonds is 6. The SMILES string of the molecule is CC(C)CC(N)C(=O)Oc1ccc(-c2ccc(F)cc2F)cc1C(=O)OC(C)(C)C. The molecule has 2 aromatic rings. The van der Waals surface area contributed by atoms with E-state index in [2.05, 4.69) is 0 Å². The molecule has 0 aliphatic carbocycles. The molecule has 0 amide bonds. The van der Waals surface area contributed by atoms with Crippen LogP contribution in [0.3, 0.4) is 0 Å². The minimum atomic E-state index is -0.856. The van der Waals surface area contributed by atoms with Gasteiger partial charge in [-0.1, -0.05) is 19.9 Å². The van der Waals surface area contributed by atoms with Crippen LogP contribution in [-0.2, 0) is 9.53 Å². The van der Waals surface area contributed by atoms with Crippen LogP contribution in [0.1, 0.15) is 51.4 Å². The third-order valence-electron chi connectivity index (χ3n) is 4.08. The predicted octanol–water partition coefficient (Wildman–Crippen LogP) is 4.87. The van der Waals surface area contributed by atoms with Gasteiger partial charge in [-0.25, -0.2) is 18.4 Å². The van der Waals surface area contributed by atoms with Crippen LogP contribution in [0.5, 0.6) is 5.75 Å². The summed E-state index contributed by atoms with van der Waals surface area (Å²) in [6.45, 7) is 8.92. The third kappa shape index (κ3) is 6.35. The summed E-state index contributed by atoms with van der Waals surface area (Å²) in [6, 6.07) is 6.47. The van der Waals surface area contributed by atoms with Crippen molar-refractivity contribution in [2.24, 2.45) is 11.7 Å². The molecule has 0 aliphatic rings. The first kappa shape index (κ1) is 23.5. The van der Waals surface area contributed by atoms with Crippen molar-refractivity contribution in [3.8, 4) is 16.9 Å². The number of carbonyl (C=O) groups excluding carboxylic acids is 2. The second kappa shape index (κ2) is 9.34. The summed E-state index contributed by atoms with van der Waals surface area (Å²) < 4.78 is 38.2. The first-order valence-electron chi connectivity index (χ1n) is 9.67. The molecule has 0 saturated carbocycles. The van der Waals surface area contributed by atoms with Crippen molar-refractivity contribution in [1.82, 2.24) is 0 Å². The number of ether oxygens (including phenoxy) is 2. The average molecular weight is 419 g/mol. The maximum absolute atomic E-state index is 14.2. The van der Waals surface area contributed by atoms with Crippen LogP contribution in [0, 0.1) is 17.6 Å². The van der Waals surface area contributed by atoms with E-state index in [1.165, 1.54) is 24.3 Å². The molecule has 0 fully saturated rings. The first-order chi connectivity index (χ1) is 13.9. The Labute approximate surface area is 175 Å². The standard InChI is InChI=1S/C23H27F2NO4/c1-13(2)10-19(26)22(28)29-20-9-6-14(16-8-7-15(24)12-18(16)25)11-17(20)21(27)30-23(3,4)5/h6-9,11-13,19H,10,26H2,1-5H3. The van der Waals surface area contributed by atoms with Crippen molar-refractivity contribution >= 4 is 11.9 Å². The van der Waals surface area contributed by atoms with Crippen LogP contribution in [0.15, 0.2) is 36.4 Å². The van der Waals surface area contributed by atoms with Crippen LogP contribution < -0.4 is 10.5 Å². The summed E-state index contributed by atoms with van der Waals surface area (Å²) in [5.41, 5.74) is 5.41. The summed E-state index contributed by atoms with van der Waals surface area (Å²) >= 11 is 0.